The highest BCUT2D eigenvalue weighted by Crippen LogP contribution is 2.21. The topological polar surface area (TPSA) is 89.3 Å². The molecule has 0 atom stereocenters. The monoisotopic (exact) mass is 350 g/mol. The fourth-order valence-electron chi connectivity index (χ4n) is 2.17. The smallest absolute Gasteiger partial charge is 0.272 e. The normalized spacial score (nSPS) is 12.1. The zero-order chi connectivity index (χ0) is 17.9. The molecule has 132 valence electrons. The Morgan fingerprint density at radius 1 is 1.42 bits per heavy atom. The average molecular weight is 350 g/mol. The van der Waals surface area contributed by atoms with Crippen molar-refractivity contribution >= 4 is 25.0 Å². The summed E-state index contributed by atoms with van der Waals surface area (Å²) in [7, 11) is -1.16. The number of nitrogens with zero attached hydrogens (tertiary/aromatic N) is 3. The van der Waals surface area contributed by atoms with Crippen LogP contribution >= 0.6 is 0 Å². The second-order valence-electron chi connectivity index (χ2n) is 7.39. The minimum Gasteiger partial charge on any atom is -0.506 e. The van der Waals surface area contributed by atoms with Crippen molar-refractivity contribution in [3.05, 3.63) is 18.0 Å². The van der Waals surface area contributed by atoms with Crippen LogP contribution in [0.4, 0.5) is 0 Å². The zero-order valence-corrected chi connectivity index (χ0v) is 16.0. The van der Waals surface area contributed by atoms with Crippen molar-refractivity contribution in [1.29, 1.82) is 0 Å². The lowest BCUT2D eigenvalue weighted by Gasteiger charge is -2.15. The van der Waals surface area contributed by atoms with Gasteiger partial charge >= 0.3 is 0 Å². The molecule has 0 saturated carbocycles. The van der Waals surface area contributed by atoms with Crippen LogP contribution in [-0.2, 0) is 11.5 Å². The fourth-order valence-corrected chi connectivity index (χ4v) is 2.92. The van der Waals surface area contributed by atoms with Gasteiger partial charge in [-0.2, -0.15) is 5.10 Å². The Kier molecular flexibility index (Phi) is 5.61. The number of ether oxygens (including phenoxy) is 1. The number of pyridine rings is 1. The molecule has 0 unspecified atom stereocenters. The lowest BCUT2D eigenvalue weighted by molar-refractivity contribution is 0.0800. The molecule has 0 aliphatic heterocycles. The van der Waals surface area contributed by atoms with E-state index >= 15 is 0 Å². The Hall–Kier alpha value is -1.93. The van der Waals surface area contributed by atoms with Gasteiger partial charge in [-0.25, -0.2) is 9.67 Å². The lowest BCUT2D eigenvalue weighted by Crippen LogP contribution is -2.30. The maximum absolute atomic E-state index is 12.3. The Morgan fingerprint density at radius 2 is 2.12 bits per heavy atom. The Labute approximate surface area is 143 Å². The molecule has 1 amide bonds. The molecule has 8 heteroatoms. The maximum atomic E-state index is 12.3. The van der Waals surface area contributed by atoms with Crippen molar-refractivity contribution in [2.45, 2.75) is 52.3 Å². The summed E-state index contributed by atoms with van der Waals surface area (Å²) in [4.78, 5) is 16.5. The van der Waals surface area contributed by atoms with Crippen LogP contribution in [0.3, 0.4) is 0 Å². The van der Waals surface area contributed by atoms with Gasteiger partial charge in [0.2, 0.25) is 0 Å². The van der Waals surface area contributed by atoms with Crippen molar-refractivity contribution < 1.29 is 14.6 Å². The number of rotatable bonds is 7. The molecule has 2 aromatic rings. The molecule has 0 aliphatic rings. The van der Waals surface area contributed by atoms with E-state index in [1.54, 1.807) is 4.68 Å². The summed E-state index contributed by atoms with van der Waals surface area (Å²) in [5, 5.41) is 17.3. The molecular formula is C16H26N4O3Si. The second-order valence-corrected chi connectivity index (χ2v) is 13.0. The zero-order valence-electron chi connectivity index (χ0n) is 15.0. The number of nitrogens with one attached hydrogen (secondary N) is 1. The van der Waals surface area contributed by atoms with Crippen LogP contribution in [0, 0.1) is 0 Å². The summed E-state index contributed by atoms with van der Waals surface area (Å²) in [6.07, 6.45) is 1.34. The van der Waals surface area contributed by atoms with Gasteiger partial charge in [-0.1, -0.05) is 19.6 Å². The lowest BCUT2D eigenvalue weighted by atomic mass is 10.2. The van der Waals surface area contributed by atoms with Crippen LogP contribution in [0.25, 0.3) is 11.0 Å². The molecule has 0 aliphatic carbocycles. The second kappa shape index (κ2) is 7.31. The third-order valence-corrected chi connectivity index (χ3v) is 5.12. The van der Waals surface area contributed by atoms with Crippen LogP contribution < -0.4 is 5.32 Å². The highest BCUT2D eigenvalue weighted by Gasteiger charge is 2.19. The van der Waals surface area contributed by atoms with Crippen molar-refractivity contribution in [2.24, 2.45) is 0 Å². The largest absolute Gasteiger partial charge is 0.506 e. The Morgan fingerprint density at radius 3 is 2.75 bits per heavy atom. The molecule has 2 rings (SSSR count). The summed E-state index contributed by atoms with van der Waals surface area (Å²) in [5.41, 5.74) is 0.769. The molecule has 0 saturated heterocycles. The van der Waals surface area contributed by atoms with Crippen molar-refractivity contribution in [3.8, 4) is 5.75 Å². The Bertz CT molecular complexity index is 722. The fraction of sp³-hybridized carbons (Fsp3) is 0.562. The summed E-state index contributed by atoms with van der Waals surface area (Å²) in [5.74, 6) is -0.288. The number of aromatic hydroxyl groups is 1. The van der Waals surface area contributed by atoms with Gasteiger partial charge in [0.25, 0.3) is 5.91 Å². The predicted molar refractivity (Wildman–Crippen MR) is 95.9 cm³/mol. The first-order chi connectivity index (χ1) is 11.2. The number of fused-ring (bicyclic) bond motifs is 1. The maximum Gasteiger partial charge on any atom is 0.272 e. The Balaban J connectivity index is 2.22. The van der Waals surface area contributed by atoms with E-state index in [0.29, 0.717) is 17.6 Å². The van der Waals surface area contributed by atoms with Gasteiger partial charge in [-0.15, -0.1) is 0 Å². The van der Waals surface area contributed by atoms with Crippen LogP contribution in [-0.4, -0.2) is 46.5 Å². The van der Waals surface area contributed by atoms with Gasteiger partial charge in [0.05, 0.1) is 11.6 Å². The summed E-state index contributed by atoms with van der Waals surface area (Å²) in [6.45, 7) is 11.5. The van der Waals surface area contributed by atoms with E-state index in [2.05, 4.69) is 35.0 Å². The minimum absolute atomic E-state index is 0.000276. The predicted octanol–water partition coefficient (Wildman–Crippen LogP) is 2.59. The first kappa shape index (κ1) is 18.4. The molecule has 0 fully saturated rings. The molecule has 0 aromatic carbocycles. The van der Waals surface area contributed by atoms with Gasteiger partial charge in [-0.05, 0) is 26.0 Å². The quantitative estimate of drug-likeness (QED) is 0.592. The van der Waals surface area contributed by atoms with Crippen LogP contribution in [0.2, 0.25) is 25.7 Å². The van der Waals surface area contributed by atoms with Gasteiger partial charge in [0, 0.05) is 20.7 Å². The molecule has 2 N–H and O–H groups in total. The van der Waals surface area contributed by atoms with Gasteiger partial charge in [0.15, 0.2) is 11.3 Å². The van der Waals surface area contributed by atoms with Crippen LogP contribution in [0.5, 0.6) is 5.75 Å². The van der Waals surface area contributed by atoms with Gasteiger partial charge in [-0.3, -0.25) is 4.79 Å². The third kappa shape index (κ3) is 4.78. The van der Waals surface area contributed by atoms with E-state index in [0.717, 1.165) is 6.04 Å². The molecule has 7 nitrogen and oxygen atoms in total. The summed E-state index contributed by atoms with van der Waals surface area (Å²) in [6, 6.07) is 2.56. The number of carbonyl (C=O) groups excluding carboxylic acids is 1. The first-order valence-corrected chi connectivity index (χ1v) is 11.8. The van der Waals surface area contributed by atoms with E-state index in [9.17, 15) is 9.90 Å². The minimum atomic E-state index is -1.16. The average Bonchev–Trinajstić information content (AvgIpc) is 2.80. The van der Waals surface area contributed by atoms with Crippen molar-refractivity contribution in [3.63, 3.8) is 0 Å². The summed E-state index contributed by atoms with van der Waals surface area (Å²) >= 11 is 0. The number of carbonyl (C=O) groups is 1. The number of hydrogen-bond donors (Lipinski definition) is 2. The van der Waals surface area contributed by atoms with Gasteiger partial charge in [0.1, 0.15) is 12.5 Å². The summed E-state index contributed by atoms with van der Waals surface area (Å²) < 4.78 is 7.27. The van der Waals surface area contributed by atoms with E-state index < -0.39 is 8.07 Å². The van der Waals surface area contributed by atoms with Crippen molar-refractivity contribution in [1.82, 2.24) is 20.1 Å². The molecule has 2 heterocycles. The molecular weight excluding hydrogens is 324 g/mol. The number of aromatic nitrogens is 3. The first-order valence-electron chi connectivity index (χ1n) is 8.11. The standard InChI is InChI=1S/C16H26N4O3Si/c1-11(2)18-16(22)14-13-8-12(21)9-17-15(13)20(19-14)10-23-6-7-24(3,4)5/h8-9,11,21H,6-7,10H2,1-5H3,(H,18,22). The van der Waals surface area contributed by atoms with Gasteiger partial charge < -0.3 is 15.2 Å². The van der Waals surface area contributed by atoms with E-state index in [1.807, 2.05) is 13.8 Å². The molecule has 0 radical (unpaired) electrons. The number of amides is 1. The molecule has 2 aromatic heterocycles. The van der Waals surface area contributed by atoms with E-state index in [4.69, 9.17) is 4.74 Å². The molecule has 0 spiro atoms. The van der Waals surface area contributed by atoms with Crippen LogP contribution in [0.1, 0.15) is 24.3 Å². The highest BCUT2D eigenvalue weighted by molar-refractivity contribution is 6.76. The third-order valence-electron chi connectivity index (χ3n) is 3.42. The highest BCUT2D eigenvalue weighted by atomic mass is 28.3. The molecule has 24 heavy (non-hydrogen) atoms. The molecule has 0 bridgehead atoms. The van der Waals surface area contributed by atoms with Crippen LogP contribution in [0.15, 0.2) is 12.3 Å². The van der Waals surface area contributed by atoms with E-state index in [1.165, 1.54) is 12.3 Å². The SMILES string of the molecule is CC(C)NC(=O)c1nn(COCC[Si](C)(C)C)c2ncc(O)cc12. The van der Waals surface area contributed by atoms with E-state index in [-0.39, 0.29) is 30.1 Å². The number of hydrogen-bond acceptors (Lipinski definition) is 5. The van der Waals surface area contributed by atoms with Crippen molar-refractivity contribution in [2.75, 3.05) is 6.61 Å².